The minimum Gasteiger partial charge on any atom is -0.489 e. The molecule has 2 aromatic rings. The second kappa shape index (κ2) is 12.5. The van der Waals surface area contributed by atoms with E-state index < -0.39 is 5.97 Å². The number of halogens is 3. The van der Waals surface area contributed by atoms with Gasteiger partial charge in [0.25, 0.3) is 0 Å². The van der Waals surface area contributed by atoms with Gasteiger partial charge in [0, 0.05) is 35.2 Å². The zero-order chi connectivity index (χ0) is 21.5. The van der Waals surface area contributed by atoms with Gasteiger partial charge in [0.15, 0.2) is 0 Å². The van der Waals surface area contributed by atoms with Crippen LogP contribution in [0.1, 0.15) is 42.6 Å². The first-order chi connectivity index (χ1) is 14.5. The van der Waals surface area contributed by atoms with Crippen molar-refractivity contribution in [1.29, 1.82) is 0 Å². The average molecular weight is 489 g/mol. The van der Waals surface area contributed by atoms with Gasteiger partial charge in [-0.1, -0.05) is 48.7 Å². The summed E-state index contributed by atoms with van der Waals surface area (Å²) in [6.07, 6.45) is 2.05. The maximum absolute atomic E-state index is 10.8. The van der Waals surface area contributed by atoms with Gasteiger partial charge in [-0.25, -0.2) is 0 Å². The highest BCUT2D eigenvalue weighted by molar-refractivity contribution is 6.36. The Morgan fingerprint density at radius 1 is 1.23 bits per heavy atom. The van der Waals surface area contributed by atoms with Gasteiger partial charge in [-0.3, -0.25) is 9.69 Å². The van der Waals surface area contributed by atoms with Crippen LogP contribution in [0.3, 0.4) is 0 Å². The Kier molecular flexibility index (Phi) is 10.4. The van der Waals surface area contributed by atoms with Gasteiger partial charge >= 0.3 is 5.97 Å². The van der Waals surface area contributed by atoms with Crippen LogP contribution in [0.4, 0.5) is 0 Å². The van der Waals surface area contributed by atoms with Gasteiger partial charge in [-0.15, -0.1) is 12.4 Å². The molecule has 1 aliphatic rings. The van der Waals surface area contributed by atoms with E-state index in [1.807, 2.05) is 36.4 Å². The minimum absolute atomic E-state index is 0. The van der Waals surface area contributed by atoms with Crippen molar-refractivity contribution >= 4 is 41.6 Å². The Hall–Kier alpha value is -1.50. The van der Waals surface area contributed by atoms with E-state index in [4.69, 9.17) is 37.8 Å². The third kappa shape index (κ3) is 7.55. The Bertz CT molecular complexity index is 837. The Balaban J connectivity index is 0.00000341. The number of carboxylic acids is 1. The molecule has 0 spiro atoms. The largest absolute Gasteiger partial charge is 0.489 e. The smallest absolute Gasteiger partial charge is 0.304 e. The lowest BCUT2D eigenvalue weighted by Gasteiger charge is -2.32. The molecular formula is C23H28Cl3NO4. The minimum atomic E-state index is -0.778. The number of rotatable bonds is 9. The van der Waals surface area contributed by atoms with Crippen molar-refractivity contribution in [3.63, 3.8) is 0 Å². The molecule has 2 aromatic carbocycles. The molecule has 1 N–H and O–H groups in total. The molecule has 1 unspecified atom stereocenters. The van der Waals surface area contributed by atoms with Crippen LogP contribution in [0.2, 0.25) is 10.0 Å². The van der Waals surface area contributed by atoms with Gasteiger partial charge < -0.3 is 14.6 Å². The number of hydrogen-bond donors (Lipinski definition) is 1. The van der Waals surface area contributed by atoms with Gasteiger partial charge in [0.1, 0.15) is 12.4 Å². The summed E-state index contributed by atoms with van der Waals surface area (Å²) in [5.74, 6) is -0.0539. The van der Waals surface area contributed by atoms with Crippen LogP contribution in [-0.2, 0) is 22.6 Å². The van der Waals surface area contributed by atoms with E-state index in [0.717, 1.165) is 41.8 Å². The number of hydrogen-bond acceptors (Lipinski definition) is 4. The quantitative estimate of drug-likeness (QED) is 0.484. The highest BCUT2D eigenvalue weighted by atomic mass is 35.5. The van der Waals surface area contributed by atoms with Crippen molar-refractivity contribution < 1.29 is 19.4 Å². The summed E-state index contributed by atoms with van der Waals surface area (Å²) < 4.78 is 11.8. The summed E-state index contributed by atoms with van der Waals surface area (Å²) in [4.78, 5) is 12.9. The molecule has 8 heteroatoms. The van der Waals surface area contributed by atoms with Gasteiger partial charge in [-0.2, -0.15) is 0 Å². The average Bonchev–Trinajstić information content (AvgIpc) is 2.72. The highest BCUT2D eigenvalue weighted by Gasteiger charge is 2.22. The normalized spacial score (nSPS) is 16.5. The molecule has 0 radical (unpaired) electrons. The van der Waals surface area contributed by atoms with Crippen LogP contribution in [-0.4, -0.2) is 42.2 Å². The number of carbonyl (C=O) groups is 1. The van der Waals surface area contributed by atoms with E-state index in [0.29, 0.717) is 36.3 Å². The highest BCUT2D eigenvalue weighted by Crippen LogP contribution is 2.29. The molecule has 0 amide bonds. The number of nitrogens with zero attached hydrogens (tertiary/aromatic N) is 1. The first-order valence-electron chi connectivity index (χ1n) is 10.2. The van der Waals surface area contributed by atoms with E-state index in [1.165, 1.54) is 0 Å². The van der Waals surface area contributed by atoms with Crippen LogP contribution in [0.5, 0.6) is 5.75 Å². The topological polar surface area (TPSA) is 59.0 Å². The third-order valence-electron chi connectivity index (χ3n) is 5.17. The number of aryl methyl sites for hydroxylation is 1. The van der Waals surface area contributed by atoms with E-state index in [-0.39, 0.29) is 24.9 Å². The lowest BCUT2D eigenvalue weighted by Crippen LogP contribution is -2.39. The van der Waals surface area contributed by atoms with Gasteiger partial charge in [0.05, 0.1) is 19.1 Å². The molecule has 170 valence electrons. The number of aliphatic carboxylic acids is 1. The molecule has 31 heavy (non-hydrogen) atoms. The van der Waals surface area contributed by atoms with Crippen molar-refractivity contribution in [1.82, 2.24) is 4.90 Å². The van der Waals surface area contributed by atoms with Crippen molar-refractivity contribution in [3.05, 3.63) is 63.1 Å². The molecule has 0 saturated carbocycles. The molecule has 1 aliphatic heterocycles. The summed E-state index contributed by atoms with van der Waals surface area (Å²) in [7, 11) is 0. The standard InChI is InChI=1S/C23H27Cl2NO4.ClH/c1-2-3-16-12-20(24)19(21(25)13-16)15-30-18-6-4-17(5-7-18)22-14-26(10-11-29-22)9-8-23(27)28;/h4-7,12-13,22H,2-3,8-11,14-15H2,1H3,(H,27,28);1H. The molecule has 3 rings (SSSR count). The predicted molar refractivity (Wildman–Crippen MR) is 126 cm³/mol. The second-order valence-electron chi connectivity index (χ2n) is 7.45. The van der Waals surface area contributed by atoms with Crippen molar-refractivity contribution in [2.24, 2.45) is 0 Å². The fraction of sp³-hybridized carbons (Fsp3) is 0.435. The molecule has 1 atom stereocenters. The van der Waals surface area contributed by atoms with Crippen LogP contribution < -0.4 is 4.74 Å². The molecule has 5 nitrogen and oxygen atoms in total. The number of ether oxygens (including phenoxy) is 2. The SMILES string of the molecule is CCCc1cc(Cl)c(COc2ccc(C3CN(CCC(=O)O)CCO3)cc2)c(Cl)c1.Cl. The van der Waals surface area contributed by atoms with E-state index in [1.54, 1.807) is 0 Å². The fourth-order valence-corrected chi connectivity index (χ4v) is 4.16. The molecule has 0 bridgehead atoms. The van der Waals surface area contributed by atoms with Gasteiger partial charge in [0.2, 0.25) is 0 Å². The summed E-state index contributed by atoms with van der Waals surface area (Å²) in [5, 5.41) is 10.1. The second-order valence-corrected chi connectivity index (χ2v) is 8.26. The van der Waals surface area contributed by atoms with Crippen LogP contribution >= 0.6 is 35.6 Å². The monoisotopic (exact) mass is 487 g/mol. The van der Waals surface area contributed by atoms with E-state index >= 15 is 0 Å². The lowest BCUT2D eigenvalue weighted by atomic mass is 10.1. The first kappa shape index (κ1) is 25.8. The maximum Gasteiger partial charge on any atom is 0.304 e. The van der Waals surface area contributed by atoms with Crippen molar-refractivity contribution in [3.8, 4) is 5.75 Å². The Morgan fingerprint density at radius 2 is 1.90 bits per heavy atom. The molecular weight excluding hydrogens is 461 g/mol. The maximum atomic E-state index is 10.8. The number of benzene rings is 2. The molecule has 1 saturated heterocycles. The Morgan fingerprint density at radius 3 is 2.52 bits per heavy atom. The Labute approximate surface area is 199 Å². The summed E-state index contributed by atoms with van der Waals surface area (Å²) in [6.45, 7) is 4.98. The molecule has 0 aliphatic carbocycles. The summed E-state index contributed by atoms with van der Waals surface area (Å²) >= 11 is 12.8. The zero-order valence-corrected chi connectivity index (χ0v) is 19.8. The number of carboxylic acid groups (broad SMARTS) is 1. The van der Waals surface area contributed by atoms with E-state index in [9.17, 15) is 4.79 Å². The van der Waals surface area contributed by atoms with Crippen LogP contribution in [0.15, 0.2) is 36.4 Å². The lowest BCUT2D eigenvalue weighted by molar-refractivity contribution is -0.137. The molecule has 1 heterocycles. The fourth-order valence-electron chi connectivity index (χ4n) is 3.52. The molecule has 0 aromatic heterocycles. The predicted octanol–water partition coefficient (Wildman–Crippen LogP) is 5.79. The van der Waals surface area contributed by atoms with Crippen molar-refractivity contribution in [2.75, 3.05) is 26.2 Å². The van der Waals surface area contributed by atoms with Crippen molar-refractivity contribution in [2.45, 2.75) is 38.9 Å². The van der Waals surface area contributed by atoms with Gasteiger partial charge in [-0.05, 0) is 41.8 Å². The number of morpholine rings is 1. The zero-order valence-electron chi connectivity index (χ0n) is 17.5. The van der Waals surface area contributed by atoms with E-state index in [2.05, 4.69) is 11.8 Å². The summed E-state index contributed by atoms with van der Waals surface area (Å²) in [5.41, 5.74) is 2.96. The van der Waals surface area contributed by atoms with Crippen LogP contribution in [0, 0.1) is 0 Å². The molecule has 1 fully saturated rings. The summed E-state index contributed by atoms with van der Waals surface area (Å²) in [6, 6.07) is 11.7. The first-order valence-corrected chi connectivity index (χ1v) is 11.0. The van der Waals surface area contributed by atoms with Crippen LogP contribution in [0.25, 0.3) is 0 Å². The third-order valence-corrected chi connectivity index (χ3v) is 5.84.